The van der Waals surface area contributed by atoms with Crippen LogP contribution in [-0.2, 0) is 16.0 Å². The highest BCUT2D eigenvalue weighted by Crippen LogP contribution is 2.14. The molecule has 1 aromatic rings. The summed E-state index contributed by atoms with van der Waals surface area (Å²) in [4.78, 5) is 25.6. The standard InChI is InChI=1S/C14H21N3O3/c1-4-5-17-8-11(6-14(17)19)15-13(18)7-12-9(2)16-20-10(12)3/h11H,4-8H2,1-3H3,(H,15,18)/t11-/m1/s1. The SMILES string of the molecule is CCCN1C[C@H](NC(=O)Cc2c(C)noc2C)CC1=O. The van der Waals surface area contributed by atoms with Crippen LogP contribution in [0.4, 0.5) is 0 Å². The number of nitrogens with one attached hydrogen (secondary N) is 1. The Bertz CT molecular complexity index is 490. The van der Waals surface area contributed by atoms with Gasteiger partial charge < -0.3 is 14.7 Å². The lowest BCUT2D eigenvalue weighted by molar-refractivity contribution is -0.127. The molecule has 0 aliphatic carbocycles. The molecular weight excluding hydrogens is 258 g/mol. The molecule has 20 heavy (non-hydrogen) atoms. The fourth-order valence-electron chi connectivity index (χ4n) is 2.55. The Labute approximate surface area is 118 Å². The third-order valence-corrected chi connectivity index (χ3v) is 3.59. The molecule has 1 saturated heterocycles. The molecule has 1 fully saturated rings. The number of nitrogens with zero attached hydrogens (tertiary/aromatic N) is 2. The second-order valence-corrected chi connectivity index (χ2v) is 5.29. The van der Waals surface area contributed by atoms with E-state index in [4.69, 9.17) is 4.52 Å². The van der Waals surface area contributed by atoms with Crippen molar-refractivity contribution in [1.29, 1.82) is 0 Å². The van der Waals surface area contributed by atoms with Crippen molar-refractivity contribution < 1.29 is 14.1 Å². The molecule has 6 heteroatoms. The number of aryl methyl sites for hydroxylation is 2. The van der Waals surface area contributed by atoms with Gasteiger partial charge >= 0.3 is 0 Å². The van der Waals surface area contributed by atoms with Crippen molar-refractivity contribution in [3.05, 3.63) is 17.0 Å². The molecule has 110 valence electrons. The molecule has 0 aromatic carbocycles. The lowest BCUT2D eigenvalue weighted by Gasteiger charge is -2.16. The number of carbonyl (C=O) groups excluding carboxylic acids is 2. The first-order valence-corrected chi connectivity index (χ1v) is 7.00. The van der Waals surface area contributed by atoms with Crippen LogP contribution in [0.15, 0.2) is 4.52 Å². The molecule has 2 rings (SSSR count). The van der Waals surface area contributed by atoms with Gasteiger partial charge in [-0.15, -0.1) is 0 Å². The molecule has 1 atom stereocenters. The molecule has 6 nitrogen and oxygen atoms in total. The van der Waals surface area contributed by atoms with Gasteiger partial charge in [0.05, 0.1) is 18.2 Å². The molecule has 0 radical (unpaired) electrons. The van der Waals surface area contributed by atoms with Gasteiger partial charge in [-0.25, -0.2) is 0 Å². The Balaban J connectivity index is 1.88. The van der Waals surface area contributed by atoms with E-state index in [1.54, 1.807) is 11.8 Å². The highest BCUT2D eigenvalue weighted by molar-refractivity contribution is 5.83. The third kappa shape index (κ3) is 3.18. The summed E-state index contributed by atoms with van der Waals surface area (Å²) in [6.45, 7) is 7.03. The minimum absolute atomic E-state index is 0.0815. The Morgan fingerprint density at radius 3 is 2.85 bits per heavy atom. The molecule has 1 aliphatic heterocycles. The predicted octanol–water partition coefficient (Wildman–Crippen LogP) is 0.961. The maximum absolute atomic E-state index is 12.0. The second kappa shape index (κ2) is 6.07. The number of aromatic nitrogens is 1. The van der Waals surface area contributed by atoms with Crippen LogP contribution in [-0.4, -0.2) is 41.0 Å². The molecule has 0 unspecified atom stereocenters. The van der Waals surface area contributed by atoms with E-state index in [1.165, 1.54) is 0 Å². The quantitative estimate of drug-likeness (QED) is 0.871. The monoisotopic (exact) mass is 279 g/mol. The molecule has 0 spiro atoms. The number of rotatable bonds is 5. The summed E-state index contributed by atoms with van der Waals surface area (Å²) in [5.74, 6) is 0.706. The van der Waals surface area contributed by atoms with E-state index in [1.807, 2.05) is 13.8 Å². The average Bonchev–Trinajstić information content (AvgIpc) is 2.87. The van der Waals surface area contributed by atoms with Gasteiger partial charge in [0.2, 0.25) is 11.8 Å². The van der Waals surface area contributed by atoms with Crippen LogP contribution >= 0.6 is 0 Å². The Morgan fingerprint density at radius 1 is 1.50 bits per heavy atom. The van der Waals surface area contributed by atoms with E-state index in [2.05, 4.69) is 10.5 Å². The molecule has 1 aromatic heterocycles. The van der Waals surface area contributed by atoms with Gasteiger partial charge in [0.1, 0.15) is 5.76 Å². The summed E-state index contributed by atoms with van der Waals surface area (Å²) in [5.41, 5.74) is 1.57. The molecule has 1 aliphatic rings. The summed E-state index contributed by atoms with van der Waals surface area (Å²) in [6.07, 6.45) is 1.58. The smallest absolute Gasteiger partial charge is 0.224 e. The minimum Gasteiger partial charge on any atom is -0.361 e. The van der Waals surface area contributed by atoms with E-state index in [0.717, 1.165) is 24.2 Å². The lowest BCUT2D eigenvalue weighted by atomic mass is 10.1. The summed E-state index contributed by atoms with van der Waals surface area (Å²) < 4.78 is 5.04. The number of hydrogen-bond donors (Lipinski definition) is 1. The average molecular weight is 279 g/mol. The topological polar surface area (TPSA) is 75.4 Å². The van der Waals surface area contributed by atoms with Crippen LogP contribution in [0.1, 0.15) is 36.8 Å². The molecule has 1 N–H and O–H groups in total. The number of carbonyl (C=O) groups is 2. The van der Waals surface area contributed by atoms with Gasteiger partial charge in [-0.05, 0) is 20.3 Å². The van der Waals surface area contributed by atoms with Crippen molar-refractivity contribution >= 4 is 11.8 Å². The molecule has 2 heterocycles. The van der Waals surface area contributed by atoms with Crippen LogP contribution < -0.4 is 5.32 Å². The molecular formula is C14H21N3O3. The van der Waals surface area contributed by atoms with E-state index in [0.29, 0.717) is 18.7 Å². The summed E-state index contributed by atoms with van der Waals surface area (Å²) in [7, 11) is 0. The molecule has 2 amide bonds. The zero-order chi connectivity index (χ0) is 14.7. The largest absolute Gasteiger partial charge is 0.361 e. The first-order chi connectivity index (χ1) is 9.51. The fourth-order valence-corrected chi connectivity index (χ4v) is 2.55. The minimum atomic E-state index is -0.0875. The molecule has 0 saturated carbocycles. The third-order valence-electron chi connectivity index (χ3n) is 3.59. The lowest BCUT2D eigenvalue weighted by Crippen LogP contribution is -2.38. The zero-order valence-corrected chi connectivity index (χ0v) is 12.2. The van der Waals surface area contributed by atoms with Gasteiger partial charge in [-0.1, -0.05) is 12.1 Å². The Morgan fingerprint density at radius 2 is 2.25 bits per heavy atom. The van der Waals surface area contributed by atoms with Gasteiger partial charge in [0, 0.05) is 25.1 Å². The number of likely N-dealkylation sites (tertiary alicyclic amines) is 1. The van der Waals surface area contributed by atoms with Gasteiger partial charge in [0.25, 0.3) is 0 Å². The summed E-state index contributed by atoms with van der Waals surface area (Å²) in [6, 6.07) is -0.0815. The Kier molecular flexibility index (Phi) is 4.42. The van der Waals surface area contributed by atoms with Crippen molar-refractivity contribution in [2.24, 2.45) is 0 Å². The number of hydrogen-bond acceptors (Lipinski definition) is 4. The normalized spacial score (nSPS) is 18.6. The van der Waals surface area contributed by atoms with Crippen molar-refractivity contribution in [3.63, 3.8) is 0 Å². The summed E-state index contributed by atoms with van der Waals surface area (Å²) >= 11 is 0. The van der Waals surface area contributed by atoms with Crippen molar-refractivity contribution in [3.8, 4) is 0 Å². The van der Waals surface area contributed by atoms with Gasteiger partial charge in [-0.3, -0.25) is 9.59 Å². The maximum atomic E-state index is 12.0. The number of amides is 2. The van der Waals surface area contributed by atoms with E-state index in [-0.39, 0.29) is 24.3 Å². The highest BCUT2D eigenvalue weighted by Gasteiger charge is 2.30. The maximum Gasteiger partial charge on any atom is 0.224 e. The predicted molar refractivity (Wildman–Crippen MR) is 73.1 cm³/mol. The first-order valence-electron chi connectivity index (χ1n) is 7.00. The van der Waals surface area contributed by atoms with Crippen molar-refractivity contribution in [1.82, 2.24) is 15.4 Å². The van der Waals surface area contributed by atoms with E-state index >= 15 is 0 Å². The Hall–Kier alpha value is -1.85. The van der Waals surface area contributed by atoms with Crippen LogP contribution in [0.2, 0.25) is 0 Å². The van der Waals surface area contributed by atoms with Crippen molar-refractivity contribution in [2.45, 2.75) is 46.1 Å². The van der Waals surface area contributed by atoms with Gasteiger partial charge in [0.15, 0.2) is 0 Å². The van der Waals surface area contributed by atoms with Gasteiger partial charge in [-0.2, -0.15) is 0 Å². The van der Waals surface area contributed by atoms with E-state index in [9.17, 15) is 9.59 Å². The molecule has 0 bridgehead atoms. The fraction of sp³-hybridized carbons (Fsp3) is 0.643. The second-order valence-electron chi connectivity index (χ2n) is 5.29. The van der Waals surface area contributed by atoms with Crippen LogP contribution in [0.25, 0.3) is 0 Å². The summed E-state index contributed by atoms with van der Waals surface area (Å²) in [5, 5.41) is 6.75. The van der Waals surface area contributed by atoms with Crippen LogP contribution in [0.5, 0.6) is 0 Å². The van der Waals surface area contributed by atoms with E-state index < -0.39 is 0 Å². The highest BCUT2D eigenvalue weighted by atomic mass is 16.5. The van der Waals surface area contributed by atoms with Crippen LogP contribution in [0.3, 0.4) is 0 Å². The van der Waals surface area contributed by atoms with Crippen molar-refractivity contribution in [2.75, 3.05) is 13.1 Å². The zero-order valence-electron chi connectivity index (χ0n) is 12.2. The van der Waals surface area contributed by atoms with Crippen LogP contribution in [0, 0.1) is 13.8 Å². The first kappa shape index (κ1) is 14.6.